The van der Waals surface area contributed by atoms with Crippen molar-refractivity contribution < 1.29 is 117 Å². The summed E-state index contributed by atoms with van der Waals surface area (Å²) in [6, 6.07) is 16.0. The first-order valence-electron chi connectivity index (χ1n) is 22.2. The van der Waals surface area contributed by atoms with Crippen LogP contribution in [0.25, 0.3) is 21.5 Å². The van der Waals surface area contributed by atoms with E-state index in [1.807, 2.05) is 56.4 Å². The Morgan fingerprint density at radius 1 is 0.671 bits per heavy atom. The largest absolute Gasteiger partial charge is 1.00 e. The van der Waals surface area contributed by atoms with Crippen LogP contribution in [0.3, 0.4) is 0 Å². The fourth-order valence-corrected chi connectivity index (χ4v) is 11.2. The molecule has 21 heteroatoms. The molecule has 0 saturated heterocycles. The summed E-state index contributed by atoms with van der Waals surface area (Å²) in [5.74, 6) is -1.49. The predicted octanol–water partition coefficient (Wildman–Crippen LogP) is -0.0935. The maximum absolute atomic E-state index is 12.6. The van der Waals surface area contributed by atoms with Gasteiger partial charge in [-0.05, 0) is 109 Å². The number of hydrogen-bond donors (Lipinski definition) is 1. The van der Waals surface area contributed by atoms with Crippen LogP contribution in [0.4, 0.5) is 11.4 Å². The SMILES string of the molecule is CC1(C)C(/C=C/C=C/C=C2\N(CCCCS(=O)(=O)[O-])c3ccc4cc(S(=O)(=O)[O-])ccc4c3C2(C)C)=[N+](CCCCCC(=O)NCCN2C(=O)C=CC2=O)c2ccc3cc(S(=O)(=O)[O-])ccc3c21.[Na+].[Na+]. The van der Waals surface area contributed by atoms with Gasteiger partial charge in [0.1, 0.15) is 26.8 Å². The van der Waals surface area contributed by atoms with Crippen LogP contribution in [0.5, 0.6) is 0 Å². The number of benzene rings is 4. The summed E-state index contributed by atoms with van der Waals surface area (Å²) >= 11 is 0. The van der Waals surface area contributed by atoms with Crippen LogP contribution in [0.1, 0.15) is 77.3 Å². The molecule has 0 saturated carbocycles. The molecule has 70 heavy (non-hydrogen) atoms. The molecule has 0 unspecified atom stereocenters. The number of unbranched alkanes of at least 4 members (excludes halogenated alkanes) is 3. The number of anilines is 1. The van der Waals surface area contributed by atoms with Gasteiger partial charge in [0.05, 0.1) is 25.3 Å². The van der Waals surface area contributed by atoms with Crippen molar-refractivity contribution >= 4 is 86.7 Å². The van der Waals surface area contributed by atoms with Crippen molar-refractivity contribution in [3.63, 3.8) is 0 Å². The molecule has 3 heterocycles. The number of rotatable bonds is 19. The van der Waals surface area contributed by atoms with Crippen LogP contribution in [0, 0.1) is 0 Å². The van der Waals surface area contributed by atoms with Crippen LogP contribution in [-0.2, 0) is 55.6 Å². The zero-order chi connectivity index (χ0) is 49.4. The van der Waals surface area contributed by atoms with E-state index in [1.165, 1.54) is 36.4 Å². The molecule has 360 valence electrons. The minimum atomic E-state index is -4.70. The normalized spacial score (nSPS) is 17.0. The number of allylic oxidation sites excluding steroid dienone is 6. The third-order valence-electron chi connectivity index (χ3n) is 12.8. The molecule has 3 aliphatic rings. The number of fused-ring (bicyclic) bond motifs is 6. The summed E-state index contributed by atoms with van der Waals surface area (Å²) in [5, 5.41) is 5.50. The van der Waals surface area contributed by atoms with E-state index in [2.05, 4.69) is 28.6 Å². The van der Waals surface area contributed by atoms with E-state index in [0.29, 0.717) is 49.5 Å². The van der Waals surface area contributed by atoms with E-state index >= 15 is 0 Å². The first-order chi connectivity index (χ1) is 31.9. The number of nitrogens with zero attached hydrogens (tertiary/aromatic N) is 3. The van der Waals surface area contributed by atoms with Gasteiger partial charge in [0.15, 0.2) is 5.71 Å². The van der Waals surface area contributed by atoms with Crippen molar-refractivity contribution in [2.45, 2.75) is 86.8 Å². The Morgan fingerprint density at radius 2 is 1.27 bits per heavy atom. The standard InChI is InChI=1S/C49H54N4O12S3.2Na/c1-48(2)41(13-7-5-8-14-42-49(3,4)47-38-21-19-36(68(63,64)65)32-34(38)17-23-40(47)52(42)28-11-12-30-66(57,58)59)51(39-22-16-33-31-35(67(60,61)62)18-20-37(33)46(39)48)27-10-6-9-15-43(54)50-26-29-53-44(55)24-25-45(53)56;;/h5,7-8,13-14,16-25,31-32H,6,9-12,15,26-30H2,1-4H3,(H3-,50,54,57,58,59,60,61,62,63,64,65);;/q;2*+1/p-2. The molecule has 16 nitrogen and oxygen atoms in total. The summed E-state index contributed by atoms with van der Waals surface area (Å²) in [7, 11) is -13.8. The maximum Gasteiger partial charge on any atom is 1.00 e. The average Bonchev–Trinajstić information content (AvgIpc) is 3.78. The fourth-order valence-electron chi connectivity index (χ4n) is 9.62. The molecule has 0 aromatic heterocycles. The minimum absolute atomic E-state index is 0. The second kappa shape index (κ2) is 22.5. The van der Waals surface area contributed by atoms with E-state index in [9.17, 15) is 53.3 Å². The van der Waals surface area contributed by atoms with Gasteiger partial charge in [0, 0.05) is 84.9 Å². The van der Waals surface area contributed by atoms with Gasteiger partial charge in [-0.15, -0.1) is 0 Å². The van der Waals surface area contributed by atoms with E-state index in [4.69, 9.17) is 0 Å². The molecular weight excluding hydrogens is 979 g/mol. The van der Waals surface area contributed by atoms with Crippen LogP contribution in [0.2, 0.25) is 0 Å². The van der Waals surface area contributed by atoms with Crippen molar-refractivity contribution in [3.8, 4) is 0 Å². The van der Waals surface area contributed by atoms with Crippen LogP contribution < -0.4 is 69.3 Å². The third-order valence-corrected chi connectivity index (χ3v) is 15.3. The third kappa shape index (κ3) is 12.5. The second-order valence-electron chi connectivity index (χ2n) is 18.1. The molecule has 0 atom stereocenters. The summed E-state index contributed by atoms with van der Waals surface area (Å²) < 4.78 is 108. The Morgan fingerprint density at radius 3 is 1.87 bits per heavy atom. The number of imide groups is 1. The molecule has 0 spiro atoms. The number of amides is 3. The Balaban J connectivity index is 0.00000456. The summed E-state index contributed by atoms with van der Waals surface area (Å²) in [5.41, 5.74) is 4.17. The molecule has 4 aromatic rings. The molecule has 4 aromatic carbocycles. The molecule has 0 aliphatic carbocycles. The maximum atomic E-state index is 12.6. The quantitative estimate of drug-likeness (QED) is 0.0323. The topological polar surface area (TPSA) is 244 Å². The van der Waals surface area contributed by atoms with Gasteiger partial charge >= 0.3 is 59.1 Å². The van der Waals surface area contributed by atoms with Gasteiger partial charge in [-0.25, -0.2) is 25.3 Å². The summed E-state index contributed by atoms with van der Waals surface area (Å²) in [6.45, 7) is 9.43. The first kappa shape index (κ1) is 57.1. The first-order valence-corrected chi connectivity index (χ1v) is 26.6. The van der Waals surface area contributed by atoms with E-state index in [0.717, 1.165) is 49.6 Å². The second-order valence-corrected chi connectivity index (χ2v) is 22.4. The van der Waals surface area contributed by atoms with Gasteiger partial charge in [0.25, 0.3) is 11.8 Å². The number of nitrogens with one attached hydrogen (secondary N) is 1. The predicted molar refractivity (Wildman–Crippen MR) is 255 cm³/mol. The molecule has 0 fully saturated rings. The molecule has 3 amide bonds. The fraction of sp³-hybridized carbons (Fsp3) is 0.347. The minimum Gasteiger partial charge on any atom is -0.748 e. The summed E-state index contributed by atoms with van der Waals surface area (Å²) in [4.78, 5) is 38.7. The summed E-state index contributed by atoms with van der Waals surface area (Å²) in [6.07, 6.45) is 14.9. The van der Waals surface area contributed by atoms with Crippen LogP contribution in [0.15, 0.2) is 119 Å². The Labute approximate surface area is 453 Å². The Kier molecular flexibility index (Phi) is 18.4. The zero-order valence-corrected chi connectivity index (χ0v) is 46.5. The van der Waals surface area contributed by atoms with Crippen molar-refractivity contribution in [3.05, 3.63) is 120 Å². The Bertz CT molecular complexity index is 3240. The molecule has 0 bridgehead atoms. The average molecular weight is 1030 g/mol. The molecule has 7 rings (SSSR count). The zero-order valence-electron chi connectivity index (χ0n) is 40.1. The van der Waals surface area contributed by atoms with Crippen LogP contribution >= 0.6 is 0 Å². The number of carbonyl (C=O) groups excluding carboxylic acids is 3. The van der Waals surface area contributed by atoms with E-state index in [-0.39, 0.29) is 101 Å². The van der Waals surface area contributed by atoms with Gasteiger partial charge in [-0.1, -0.05) is 50.3 Å². The van der Waals surface area contributed by atoms with Crippen molar-refractivity contribution in [1.29, 1.82) is 0 Å². The molecule has 3 aliphatic heterocycles. The van der Waals surface area contributed by atoms with Gasteiger partial charge < -0.3 is 23.9 Å². The van der Waals surface area contributed by atoms with Gasteiger partial charge in [-0.3, -0.25) is 19.3 Å². The number of carbonyl (C=O) groups is 3. The van der Waals surface area contributed by atoms with Gasteiger partial charge in [-0.2, -0.15) is 4.58 Å². The monoisotopic (exact) mass is 1030 g/mol. The van der Waals surface area contributed by atoms with Crippen molar-refractivity contribution in [2.24, 2.45) is 0 Å². The Hall–Kier alpha value is -3.83. The van der Waals surface area contributed by atoms with E-state index in [1.54, 1.807) is 24.3 Å². The molecule has 1 N–H and O–H groups in total. The van der Waals surface area contributed by atoms with Crippen molar-refractivity contribution in [2.75, 3.05) is 36.8 Å². The molecular formula is C49H52N4Na2O12S3. The number of hydrogen-bond acceptors (Lipinski definition) is 13. The van der Waals surface area contributed by atoms with Crippen molar-refractivity contribution in [1.82, 2.24) is 10.2 Å². The van der Waals surface area contributed by atoms with Crippen LogP contribution in [-0.4, -0.2) is 104 Å². The molecule has 0 radical (unpaired) electrons. The van der Waals surface area contributed by atoms with Gasteiger partial charge in [0.2, 0.25) is 11.6 Å². The van der Waals surface area contributed by atoms with E-state index < -0.39 is 58.8 Å². The smallest absolute Gasteiger partial charge is 0.748 e.